The number of benzene rings is 1. The zero-order valence-corrected chi connectivity index (χ0v) is 28.8. The van der Waals surface area contributed by atoms with Gasteiger partial charge in [0.1, 0.15) is 6.10 Å². The molecule has 45 heavy (non-hydrogen) atoms. The Bertz CT molecular complexity index is 1470. The summed E-state index contributed by atoms with van der Waals surface area (Å²) < 4.78 is 6.18. The van der Waals surface area contributed by atoms with Gasteiger partial charge in [-0.25, -0.2) is 4.79 Å². The van der Waals surface area contributed by atoms with E-state index in [2.05, 4.69) is 41.5 Å². The van der Waals surface area contributed by atoms with Crippen molar-refractivity contribution in [2.24, 2.45) is 50.2 Å². The first-order chi connectivity index (χ1) is 20.9. The second-order valence-electron chi connectivity index (χ2n) is 17.6. The lowest BCUT2D eigenvalue weighted by molar-refractivity contribution is -0.209. The molecule has 9 atom stereocenters. The van der Waals surface area contributed by atoms with Crippen molar-refractivity contribution < 1.29 is 24.2 Å². The second-order valence-corrected chi connectivity index (χ2v) is 17.6. The van der Waals surface area contributed by atoms with Crippen LogP contribution in [0.5, 0.6) is 0 Å². The van der Waals surface area contributed by atoms with Crippen molar-refractivity contribution in [3.63, 3.8) is 0 Å². The molecule has 5 aliphatic carbocycles. The highest BCUT2D eigenvalue weighted by atomic mass is 16.5. The topological polar surface area (TPSA) is 80.7 Å². The predicted molar refractivity (Wildman–Crippen MR) is 177 cm³/mol. The van der Waals surface area contributed by atoms with E-state index < -0.39 is 11.4 Å². The Balaban J connectivity index is 1.28. The summed E-state index contributed by atoms with van der Waals surface area (Å²) in [7, 11) is 0. The summed E-state index contributed by atoms with van der Waals surface area (Å²) in [6, 6.07) is 8.07. The summed E-state index contributed by atoms with van der Waals surface area (Å²) >= 11 is 0. The third-order valence-corrected chi connectivity index (χ3v) is 14.8. The average Bonchev–Trinajstić information content (AvgIpc) is 2.96. The normalized spacial score (nSPS) is 43.7. The molecule has 6 rings (SSSR count). The van der Waals surface area contributed by atoms with Crippen molar-refractivity contribution in [3.05, 3.63) is 53.1 Å². The van der Waals surface area contributed by atoms with Gasteiger partial charge in [-0.15, -0.1) is 0 Å². The number of ketones is 1. The number of aryl methyl sites for hydroxylation is 1. The Hall–Kier alpha value is -2.69. The number of aliphatic carboxylic acids is 1. The van der Waals surface area contributed by atoms with Crippen LogP contribution in [0, 0.1) is 57.2 Å². The Labute approximate surface area is 270 Å². The van der Waals surface area contributed by atoms with E-state index in [0.29, 0.717) is 12.8 Å². The van der Waals surface area contributed by atoms with Crippen LogP contribution in [-0.2, 0) is 19.1 Å². The minimum Gasteiger partial charge on any atom is -0.481 e. The van der Waals surface area contributed by atoms with Gasteiger partial charge in [-0.1, -0.05) is 76.9 Å². The molecule has 0 aromatic heterocycles. The molecule has 0 bridgehead atoms. The molecule has 1 aromatic rings. The maximum Gasteiger partial charge on any atom is 0.331 e. The average molecular weight is 615 g/mol. The maximum absolute atomic E-state index is 14.6. The van der Waals surface area contributed by atoms with Gasteiger partial charge in [-0.3, -0.25) is 9.59 Å². The van der Waals surface area contributed by atoms with Crippen molar-refractivity contribution >= 4 is 23.8 Å². The van der Waals surface area contributed by atoms with E-state index >= 15 is 0 Å². The quantitative estimate of drug-likeness (QED) is 0.270. The molecule has 5 aliphatic rings. The molecule has 0 spiro atoms. The molecule has 244 valence electrons. The summed E-state index contributed by atoms with van der Waals surface area (Å²) in [5, 5.41) is 10.2. The van der Waals surface area contributed by atoms with Gasteiger partial charge in [0.05, 0.1) is 5.41 Å². The molecular formula is C40H54O5. The smallest absolute Gasteiger partial charge is 0.331 e. The summed E-state index contributed by atoms with van der Waals surface area (Å²) in [6.45, 7) is 17.9. The number of esters is 1. The van der Waals surface area contributed by atoms with Crippen LogP contribution in [0.2, 0.25) is 0 Å². The lowest BCUT2D eigenvalue weighted by atomic mass is 9.33. The first-order valence-electron chi connectivity index (χ1n) is 17.3. The molecule has 0 unspecified atom stereocenters. The van der Waals surface area contributed by atoms with Crippen molar-refractivity contribution in [1.29, 1.82) is 0 Å². The van der Waals surface area contributed by atoms with Crippen molar-refractivity contribution in [1.82, 2.24) is 0 Å². The number of carboxylic acids is 1. The van der Waals surface area contributed by atoms with E-state index in [1.165, 1.54) is 11.1 Å². The van der Waals surface area contributed by atoms with Crippen LogP contribution < -0.4 is 0 Å². The monoisotopic (exact) mass is 614 g/mol. The fourth-order valence-corrected chi connectivity index (χ4v) is 11.6. The number of rotatable bonds is 4. The van der Waals surface area contributed by atoms with Crippen molar-refractivity contribution in [3.8, 4) is 0 Å². The first kappa shape index (κ1) is 32.3. The van der Waals surface area contributed by atoms with Crippen LogP contribution in [0.4, 0.5) is 0 Å². The van der Waals surface area contributed by atoms with Crippen LogP contribution >= 0.6 is 0 Å². The number of ether oxygens (including phenoxy) is 1. The highest BCUT2D eigenvalue weighted by molar-refractivity contribution is 5.96. The number of carbonyl (C=O) groups is 3. The fourth-order valence-electron chi connectivity index (χ4n) is 11.6. The molecule has 1 aromatic carbocycles. The Morgan fingerprint density at radius 1 is 0.889 bits per heavy atom. The summed E-state index contributed by atoms with van der Waals surface area (Å²) in [4.78, 5) is 40.0. The Morgan fingerprint density at radius 2 is 1.56 bits per heavy atom. The molecule has 0 heterocycles. The maximum atomic E-state index is 14.6. The molecular weight excluding hydrogens is 560 g/mol. The van der Waals surface area contributed by atoms with Crippen LogP contribution in [-0.4, -0.2) is 28.9 Å². The minimum absolute atomic E-state index is 0.0444. The SMILES string of the molecule is Cc1ccc(/C=C/C(=O)O[C@H]2CC[C@]3(C)[C@H]4C(=O)C=C5[C@H]6C[C@@](C)(C(=O)O)CC[C@]6(C)CC[C@@]5(C)[C@]4(C)CC[C@H]3C2(C)C)cc1. The molecule has 4 saturated carbocycles. The van der Waals surface area contributed by atoms with Gasteiger partial charge < -0.3 is 9.84 Å². The van der Waals surface area contributed by atoms with Crippen LogP contribution in [0.1, 0.15) is 117 Å². The third-order valence-electron chi connectivity index (χ3n) is 14.8. The van der Waals surface area contributed by atoms with Crippen molar-refractivity contribution in [2.75, 3.05) is 0 Å². The van der Waals surface area contributed by atoms with E-state index in [-0.39, 0.29) is 62.7 Å². The van der Waals surface area contributed by atoms with Crippen LogP contribution in [0.3, 0.4) is 0 Å². The van der Waals surface area contributed by atoms with E-state index in [1.54, 1.807) is 6.08 Å². The number of carboxylic acid groups (broad SMARTS) is 1. The van der Waals surface area contributed by atoms with Gasteiger partial charge in [0.25, 0.3) is 0 Å². The zero-order valence-electron chi connectivity index (χ0n) is 28.8. The van der Waals surface area contributed by atoms with E-state index in [4.69, 9.17) is 4.74 Å². The van der Waals surface area contributed by atoms with E-state index in [1.807, 2.05) is 50.3 Å². The minimum atomic E-state index is -0.747. The van der Waals surface area contributed by atoms with Gasteiger partial charge >= 0.3 is 11.9 Å². The molecule has 4 fully saturated rings. The number of hydrogen-bond donors (Lipinski definition) is 1. The molecule has 0 radical (unpaired) electrons. The Morgan fingerprint density at radius 3 is 2.22 bits per heavy atom. The number of carbonyl (C=O) groups excluding carboxylic acids is 2. The molecule has 5 nitrogen and oxygen atoms in total. The summed E-state index contributed by atoms with van der Waals surface area (Å²) in [5.41, 5.74) is 1.87. The zero-order chi connectivity index (χ0) is 32.8. The Kier molecular flexibility index (Phi) is 7.46. The first-order valence-corrected chi connectivity index (χ1v) is 17.3. The van der Waals surface area contributed by atoms with Crippen molar-refractivity contribution in [2.45, 2.75) is 119 Å². The van der Waals surface area contributed by atoms with Gasteiger partial charge in [0.15, 0.2) is 5.78 Å². The molecule has 0 amide bonds. The van der Waals surface area contributed by atoms with E-state index in [9.17, 15) is 19.5 Å². The standard InChI is InChI=1S/C40H54O5/c1-25-9-11-26(12-10-25)13-14-32(42)45-31-16-17-38(6)30(35(31,2)3)15-18-40(8)33(38)29(41)23-27-28-24-37(5,34(43)44)20-19-36(28,4)21-22-39(27,40)7/h9-14,23,28,30-31,33H,15-22,24H2,1-8H3,(H,43,44)/b14-13+/t28-,30+,31+,33-,36-,37+,38+,39-,40-/m1/s1. The van der Waals surface area contributed by atoms with Gasteiger partial charge in [-0.05, 0) is 123 Å². The van der Waals surface area contributed by atoms with Gasteiger partial charge in [-0.2, -0.15) is 0 Å². The number of fused-ring (bicyclic) bond motifs is 7. The molecule has 5 heteroatoms. The fraction of sp³-hybridized carbons (Fsp3) is 0.675. The molecule has 0 aliphatic heterocycles. The summed E-state index contributed by atoms with van der Waals surface area (Å²) in [5.74, 6) is -0.500. The van der Waals surface area contributed by atoms with Gasteiger partial charge in [0, 0.05) is 17.4 Å². The van der Waals surface area contributed by atoms with Crippen LogP contribution in [0.15, 0.2) is 42.0 Å². The largest absolute Gasteiger partial charge is 0.481 e. The number of allylic oxidation sites excluding steroid dienone is 2. The third kappa shape index (κ3) is 4.72. The lowest BCUT2D eigenvalue weighted by Crippen LogP contribution is -2.66. The highest BCUT2D eigenvalue weighted by Crippen LogP contribution is 2.75. The lowest BCUT2D eigenvalue weighted by Gasteiger charge is -2.70. The second kappa shape index (κ2) is 10.4. The number of hydrogen-bond acceptors (Lipinski definition) is 4. The molecule has 0 saturated heterocycles. The van der Waals surface area contributed by atoms with Gasteiger partial charge in [0.2, 0.25) is 0 Å². The summed E-state index contributed by atoms with van der Waals surface area (Å²) in [6.07, 6.45) is 13.1. The van der Waals surface area contributed by atoms with Crippen LogP contribution in [0.25, 0.3) is 6.08 Å². The predicted octanol–water partition coefficient (Wildman–Crippen LogP) is 8.99. The molecule has 1 N–H and O–H groups in total. The van der Waals surface area contributed by atoms with E-state index in [0.717, 1.165) is 50.5 Å². The highest BCUT2D eigenvalue weighted by Gasteiger charge is 2.70.